The van der Waals surface area contributed by atoms with E-state index in [9.17, 15) is 14.9 Å². The lowest BCUT2D eigenvalue weighted by atomic mass is 10.1. The Hall–Kier alpha value is -3.12. The molecule has 0 unspecified atom stereocenters. The summed E-state index contributed by atoms with van der Waals surface area (Å²) in [7, 11) is 0. The normalized spacial score (nSPS) is 10.5. The number of hydrogen-bond donors (Lipinski definition) is 1. The average Bonchev–Trinajstić information content (AvgIpc) is 2.66. The van der Waals surface area contributed by atoms with Gasteiger partial charge in [-0.2, -0.15) is 0 Å². The fourth-order valence-corrected chi connectivity index (χ4v) is 3.76. The second-order valence-electron chi connectivity index (χ2n) is 6.61. The van der Waals surface area contributed by atoms with Crippen molar-refractivity contribution >= 4 is 29.0 Å². The third-order valence-electron chi connectivity index (χ3n) is 4.34. The quantitative estimate of drug-likeness (QED) is 0.432. The zero-order valence-corrected chi connectivity index (χ0v) is 16.7. The lowest BCUT2D eigenvalue weighted by Gasteiger charge is -2.09. The van der Waals surface area contributed by atoms with Crippen molar-refractivity contribution < 1.29 is 9.72 Å². The molecule has 0 aliphatic carbocycles. The highest BCUT2D eigenvalue weighted by molar-refractivity contribution is 7.99. The van der Waals surface area contributed by atoms with Gasteiger partial charge >= 0.3 is 0 Å². The molecule has 0 heterocycles. The Balaban J connectivity index is 1.70. The van der Waals surface area contributed by atoms with Crippen LogP contribution in [0.15, 0.2) is 70.5 Å². The van der Waals surface area contributed by atoms with Crippen molar-refractivity contribution in [1.29, 1.82) is 0 Å². The minimum Gasteiger partial charge on any atom is -0.322 e. The highest BCUT2D eigenvalue weighted by Gasteiger charge is 2.14. The van der Waals surface area contributed by atoms with E-state index in [1.54, 1.807) is 18.7 Å². The predicted molar refractivity (Wildman–Crippen MR) is 112 cm³/mol. The topological polar surface area (TPSA) is 72.2 Å². The highest BCUT2D eigenvalue weighted by atomic mass is 32.2. The van der Waals surface area contributed by atoms with Crippen LogP contribution in [0, 0.1) is 30.9 Å². The molecule has 0 aliphatic heterocycles. The third-order valence-corrected chi connectivity index (χ3v) is 5.51. The smallest absolute Gasteiger partial charge is 0.272 e. The molecule has 0 saturated carbocycles. The van der Waals surface area contributed by atoms with E-state index >= 15 is 0 Å². The minimum atomic E-state index is -0.455. The van der Waals surface area contributed by atoms with Crippen LogP contribution in [0.3, 0.4) is 0 Å². The van der Waals surface area contributed by atoms with E-state index in [1.165, 1.54) is 34.2 Å². The average molecular weight is 392 g/mol. The van der Waals surface area contributed by atoms with E-state index in [-0.39, 0.29) is 11.6 Å². The molecular formula is C22H20N2O3S. The first-order chi connectivity index (χ1) is 13.3. The van der Waals surface area contributed by atoms with Gasteiger partial charge in [0.15, 0.2) is 0 Å². The molecule has 0 spiro atoms. The number of hydrogen-bond acceptors (Lipinski definition) is 4. The third kappa shape index (κ3) is 4.58. The molecule has 3 rings (SSSR count). The molecule has 6 heteroatoms. The van der Waals surface area contributed by atoms with Crippen LogP contribution in [0.25, 0.3) is 0 Å². The van der Waals surface area contributed by atoms with E-state index in [4.69, 9.17) is 0 Å². The lowest BCUT2D eigenvalue weighted by Crippen LogP contribution is -2.12. The maximum Gasteiger partial charge on any atom is 0.272 e. The van der Waals surface area contributed by atoms with E-state index in [2.05, 4.69) is 37.4 Å². The van der Waals surface area contributed by atoms with Gasteiger partial charge in [-0.15, -0.1) is 0 Å². The fraction of sp³-hybridized carbons (Fsp3) is 0.136. The molecule has 28 heavy (non-hydrogen) atoms. The number of nitrogens with zero attached hydrogens (tertiary/aromatic N) is 1. The molecule has 1 amide bonds. The highest BCUT2D eigenvalue weighted by Crippen LogP contribution is 2.31. The van der Waals surface area contributed by atoms with Crippen LogP contribution in [-0.2, 0) is 0 Å². The number of carbonyl (C=O) groups excluding carboxylic acids is 1. The van der Waals surface area contributed by atoms with Crippen LogP contribution in [0.1, 0.15) is 27.0 Å². The fourth-order valence-electron chi connectivity index (χ4n) is 2.76. The second-order valence-corrected chi connectivity index (χ2v) is 7.72. The van der Waals surface area contributed by atoms with E-state index in [0.29, 0.717) is 16.8 Å². The van der Waals surface area contributed by atoms with Crippen LogP contribution >= 0.6 is 11.8 Å². The van der Waals surface area contributed by atoms with Crippen LogP contribution in [0.5, 0.6) is 0 Å². The van der Waals surface area contributed by atoms with Crippen molar-refractivity contribution in [2.24, 2.45) is 0 Å². The second kappa shape index (κ2) is 8.27. The first-order valence-corrected chi connectivity index (χ1v) is 9.57. The van der Waals surface area contributed by atoms with Crippen LogP contribution in [-0.4, -0.2) is 10.8 Å². The summed E-state index contributed by atoms with van der Waals surface area (Å²) in [5.41, 5.74) is 3.96. The van der Waals surface area contributed by atoms with E-state index < -0.39 is 4.92 Å². The van der Waals surface area contributed by atoms with Crippen LogP contribution in [0.4, 0.5) is 11.4 Å². The SMILES string of the molecule is Cc1ccc(C)c(Sc2ccc(NC(=O)c3ccc([N+](=O)[O-])c(C)c3)cc2)c1. The van der Waals surface area contributed by atoms with Crippen molar-refractivity contribution in [3.63, 3.8) is 0 Å². The molecule has 0 fully saturated rings. The standard InChI is InChI=1S/C22H20N2O3S/c1-14-4-5-15(2)21(12-14)28-19-9-7-18(8-10-19)23-22(25)17-6-11-20(24(26)27)16(3)13-17/h4-13H,1-3H3,(H,23,25). The van der Waals surface area contributed by atoms with Gasteiger partial charge in [0.05, 0.1) is 4.92 Å². The molecule has 0 saturated heterocycles. The molecule has 3 aromatic rings. The molecule has 3 aromatic carbocycles. The molecule has 0 radical (unpaired) electrons. The van der Waals surface area contributed by atoms with Gasteiger partial charge < -0.3 is 5.32 Å². The van der Waals surface area contributed by atoms with E-state index in [0.717, 1.165) is 4.90 Å². The lowest BCUT2D eigenvalue weighted by molar-refractivity contribution is -0.385. The van der Waals surface area contributed by atoms with Crippen LogP contribution < -0.4 is 5.32 Å². The molecule has 0 atom stereocenters. The summed E-state index contributed by atoms with van der Waals surface area (Å²) in [6.45, 7) is 5.78. The first kappa shape index (κ1) is 19.6. The van der Waals surface area contributed by atoms with Crippen molar-refractivity contribution in [3.05, 3.63) is 93.0 Å². The molecule has 0 bridgehead atoms. The summed E-state index contributed by atoms with van der Waals surface area (Å²) in [6.07, 6.45) is 0. The van der Waals surface area contributed by atoms with Gasteiger partial charge in [-0.3, -0.25) is 14.9 Å². The number of rotatable bonds is 5. The molecule has 0 aliphatic rings. The number of anilines is 1. The molecule has 142 valence electrons. The Morgan fingerprint density at radius 2 is 1.64 bits per heavy atom. The summed E-state index contributed by atoms with van der Waals surface area (Å²) in [4.78, 5) is 25.2. The molecule has 1 N–H and O–H groups in total. The monoisotopic (exact) mass is 392 g/mol. The summed E-state index contributed by atoms with van der Waals surface area (Å²) >= 11 is 1.68. The Kier molecular flexibility index (Phi) is 5.80. The number of aryl methyl sites for hydroxylation is 3. The summed E-state index contributed by atoms with van der Waals surface area (Å²) in [5.74, 6) is -0.298. The van der Waals surface area contributed by atoms with Gasteiger partial charge in [-0.25, -0.2) is 0 Å². The number of carbonyl (C=O) groups is 1. The number of nitrogens with one attached hydrogen (secondary N) is 1. The number of benzene rings is 3. The first-order valence-electron chi connectivity index (χ1n) is 8.75. The van der Waals surface area contributed by atoms with Gasteiger partial charge in [-0.1, -0.05) is 23.9 Å². The Labute approximate surface area is 167 Å². The summed E-state index contributed by atoms with van der Waals surface area (Å²) in [5, 5.41) is 13.7. The Bertz CT molecular complexity index is 1050. The summed E-state index contributed by atoms with van der Waals surface area (Å²) in [6, 6.07) is 18.3. The maximum absolute atomic E-state index is 12.4. The van der Waals surface area contributed by atoms with Crippen molar-refractivity contribution in [2.75, 3.05) is 5.32 Å². The predicted octanol–water partition coefficient (Wildman–Crippen LogP) is 5.92. The van der Waals surface area contributed by atoms with Gasteiger partial charge in [-0.05, 0) is 74.4 Å². The van der Waals surface area contributed by atoms with Gasteiger partial charge in [0.25, 0.3) is 11.6 Å². The number of amides is 1. The maximum atomic E-state index is 12.4. The van der Waals surface area contributed by atoms with E-state index in [1.807, 2.05) is 24.3 Å². The molecule has 5 nitrogen and oxygen atoms in total. The van der Waals surface area contributed by atoms with Crippen molar-refractivity contribution in [1.82, 2.24) is 0 Å². The van der Waals surface area contributed by atoms with Crippen molar-refractivity contribution in [2.45, 2.75) is 30.6 Å². The van der Waals surface area contributed by atoms with Gasteiger partial charge in [0.1, 0.15) is 0 Å². The van der Waals surface area contributed by atoms with Crippen LogP contribution in [0.2, 0.25) is 0 Å². The number of nitro groups is 1. The van der Waals surface area contributed by atoms with Crippen molar-refractivity contribution in [3.8, 4) is 0 Å². The minimum absolute atomic E-state index is 0.00405. The van der Waals surface area contributed by atoms with Gasteiger partial charge in [0.2, 0.25) is 0 Å². The molecular weight excluding hydrogens is 372 g/mol. The summed E-state index contributed by atoms with van der Waals surface area (Å²) < 4.78 is 0. The Morgan fingerprint density at radius 3 is 2.29 bits per heavy atom. The number of nitro benzene ring substituents is 1. The molecule has 0 aromatic heterocycles. The van der Waals surface area contributed by atoms with Gasteiger partial charge in [0, 0.05) is 32.7 Å². The largest absolute Gasteiger partial charge is 0.322 e. The zero-order valence-electron chi connectivity index (χ0n) is 15.9. The Morgan fingerprint density at radius 1 is 0.929 bits per heavy atom. The zero-order chi connectivity index (χ0) is 20.3.